The van der Waals surface area contributed by atoms with Gasteiger partial charge in [0.1, 0.15) is 0 Å². The molecule has 0 bridgehead atoms. The van der Waals surface area contributed by atoms with E-state index in [1.165, 1.54) is 62.8 Å². The second-order valence-corrected chi connectivity index (χ2v) is 5.79. The van der Waals surface area contributed by atoms with Crippen molar-refractivity contribution in [1.82, 2.24) is 15.1 Å². The zero-order chi connectivity index (χ0) is 14.8. The third-order valence-corrected chi connectivity index (χ3v) is 4.13. The van der Waals surface area contributed by atoms with Crippen molar-refractivity contribution in [3.05, 3.63) is 17.5 Å². The van der Waals surface area contributed by atoms with Crippen molar-refractivity contribution in [3.63, 3.8) is 0 Å². The number of nitrogens with one attached hydrogen (secondary N) is 1. The van der Waals surface area contributed by atoms with E-state index >= 15 is 0 Å². The summed E-state index contributed by atoms with van der Waals surface area (Å²) in [6.45, 7) is 4.44. The standard InChI is InChI=1S/C17H33N3/c1-5-7-8-9-10-11-12-13-16(18-3)17-14-15(6-2)19-20(17)4/h14,16,18H,5-13H2,1-4H3. The Morgan fingerprint density at radius 2 is 1.75 bits per heavy atom. The molecular weight excluding hydrogens is 246 g/mol. The molecule has 1 heterocycles. The minimum Gasteiger partial charge on any atom is -0.312 e. The Labute approximate surface area is 125 Å². The molecule has 3 heteroatoms. The molecule has 3 nitrogen and oxygen atoms in total. The molecule has 1 N–H and O–H groups in total. The Morgan fingerprint density at radius 1 is 1.10 bits per heavy atom. The van der Waals surface area contributed by atoms with Gasteiger partial charge in [0.05, 0.1) is 11.4 Å². The van der Waals surface area contributed by atoms with Gasteiger partial charge in [0, 0.05) is 13.1 Å². The highest BCUT2D eigenvalue weighted by Gasteiger charge is 2.14. The summed E-state index contributed by atoms with van der Waals surface area (Å²) in [6.07, 6.45) is 11.8. The van der Waals surface area contributed by atoms with E-state index in [9.17, 15) is 0 Å². The lowest BCUT2D eigenvalue weighted by atomic mass is 10.0. The number of hydrogen-bond donors (Lipinski definition) is 1. The van der Waals surface area contributed by atoms with Crippen LogP contribution in [0.15, 0.2) is 6.07 Å². The van der Waals surface area contributed by atoms with Crippen molar-refractivity contribution >= 4 is 0 Å². The summed E-state index contributed by atoms with van der Waals surface area (Å²) in [6, 6.07) is 2.70. The maximum Gasteiger partial charge on any atom is 0.0625 e. The van der Waals surface area contributed by atoms with E-state index < -0.39 is 0 Å². The van der Waals surface area contributed by atoms with E-state index in [1.54, 1.807) is 0 Å². The molecule has 1 unspecified atom stereocenters. The van der Waals surface area contributed by atoms with Crippen LogP contribution >= 0.6 is 0 Å². The molecule has 20 heavy (non-hydrogen) atoms. The van der Waals surface area contributed by atoms with Crippen molar-refractivity contribution in [3.8, 4) is 0 Å². The number of aromatic nitrogens is 2. The van der Waals surface area contributed by atoms with Crippen LogP contribution in [0.25, 0.3) is 0 Å². The van der Waals surface area contributed by atoms with Crippen LogP contribution in [0.2, 0.25) is 0 Å². The van der Waals surface area contributed by atoms with Crippen molar-refractivity contribution in [1.29, 1.82) is 0 Å². The average Bonchev–Trinajstić information content (AvgIpc) is 2.83. The van der Waals surface area contributed by atoms with Crippen LogP contribution in [0.3, 0.4) is 0 Å². The van der Waals surface area contributed by atoms with Gasteiger partial charge < -0.3 is 5.32 Å². The third kappa shape index (κ3) is 5.66. The quantitative estimate of drug-likeness (QED) is 0.609. The normalized spacial score (nSPS) is 12.8. The summed E-state index contributed by atoms with van der Waals surface area (Å²) in [5.74, 6) is 0. The Balaban J connectivity index is 2.30. The van der Waals surface area contributed by atoms with E-state index in [4.69, 9.17) is 0 Å². The van der Waals surface area contributed by atoms with Gasteiger partial charge in [0.15, 0.2) is 0 Å². The van der Waals surface area contributed by atoms with Gasteiger partial charge in [0.25, 0.3) is 0 Å². The first kappa shape index (κ1) is 17.2. The lowest BCUT2D eigenvalue weighted by Gasteiger charge is -2.16. The predicted octanol–water partition coefficient (Wildman–Crippen LogP) is 4.38. The van der Waals surface area contributed by atoms with Gasteiger partial charge in [0.2, 0.25) is 0 Å². The topological polar surface area (TPSA) is 29.9 Å². The van der Waals surface area contributed by atoms with Gasteiger partial charge in [-0.2, -0.15) is 5.10 Å². The highest BCUT2D eigenvalue weighted by atomic mass is 15.3. The predicted molar refractivity (Wildman–Crippen MR) is 87.0 cm³/mol. The fraction of sp³-hybridized carbons (Fsp3) is 0.824. The molecule has 116 valence electrons. The Hall–Kier alpha value is -0.830. The molecule has 0 aliphatic rings. The maximum atomic E-state index is 4.55. The van der Waals surface area contributed by atoms with Crippen molar-refractivity contribution in [2.75, 3.05) is 7.05 Å². The smallest absolute Gasteiger partial charge is 0.0625 e. The summed E-state index contributed by atoms with van der Waals surface area (Å²) in [5, 5.41) is 8.00. The number of rotatable bonds is 11. The van der Waals surface area contributed by atoms with Crippen molar-refractivity contribution in [2.45, 2.75) is 77.7 Å². The number of nitrogens with zero attached hydrogens (tertiary/aromatic N) is 2. The summed E-state index contributed by atoms with van der Waals surface area (Å²) in [4.78, 5) is 0. The molecule has 0 radical (unpaired) electrons. The van der Waals surface area contributed by atoms with E-state index in [1.807, 2.05) is 4.68 Å². The van der Waals surface area contributed by atoms with E-state index in [-0.39, 0.29) is 0 Å². The lowest BCUT2D eigenvalue weighted by molar-refractivity contribution is 0.470. The largest absolute Gasteiger partial charge is 0.312 e. The van der Waals surface area contributed by atoms with Crippen LogP contribution in [0.5, 0.6) is 0 Å². The second-order valence-electron chi connectivity index (χ2n) is 5.79. The number of hydrogen-bond acceptors (Lipinski definition) is 2. The highest BCUT2D eigenvalue weighted by molar-refractivity contribution is 5.14. The molecule has 0 aromatic carbocycles. The molecule has 0 aliphatic carbocycles. The molecular formula is C17H33N3. The van der Waals surface area contributed by atoms with Gasteiger partial charge >= 0.3 is 0 Å². The monoisotopic (exact) mass is 279 g/mol. The average molecular weight is 279 g/mol. The first-order chi connectivity index (χ1) is 9.72. The van der Waals surface area contributed by atoms with Crippen molar-refractivity contribution in [2.24, 2.45) is 7.05 Å². The summed E-state index contributed by atoms with van der Waals surface area (Å²) < 4.78 is 2.04. The van der Waals surface area contributed by atoms with Crippen LogP contribution in [0, 0.1) is 0 Å². The third-order valence-electron chi connectivity index (χ3n) is 4.13. The number of aryl methyl sites for hydroxylation is 2. The summed E-state index contributed by atoms with van der Waals surface area (Å²) in [5.41, 5.74) is 2.53. The lowest BCUT2D eigenvalue weighted by Crippen LogP contribution is -2.19. The highest BCUT2D eigenvalue weighted by Crippen LogP contribution is 2.21. The minimum atomic E-state index is 0.448. The molecule has 1 aromatic heterocycles. The van der Waals surface area contributed by atoms with Gasteiger partial charge in [-0.05, 0) is 26.0 Å². The van der Waals surface area contributed by atoms with Gasteiger partial charge in [-0.15, -0.1) is 0 Å². The van der Waals surface area contributed by atoms with E-state index in [0.717, 1.165) is 6.42 Å². The van der Waals surface area contributed by atoms with Gasteiger partial charge in [-0.3, -0.25) is 4.68 Å². The van der Waals surface area contributed by atoms with Crippen LogP contribution in [-0.4, -0.2) is 16.8 Å². The zero-order valence-corrected chi connectivity index (χ0v) is 13.9. The van der Waals surface area contributed by atoms with Crippen molar-refractivity contribution < 1.29 is 0 Å². The van der Waals surface area contributed by atoms with E-state index in [0.29, 0.717) is 6.04 Å². The van der Waals surface area contributed by atoms with Crippen LogP contribution in [0.4, 0.5) is 0 Å². The van der Waals surface area contributed by atoms with Crippen LogP contribution in [0.1, 0.15) is 82.6 Å². The Bertz CT molecular complexity index is 357. The Morgan fingerprint density at radius 3 is 2.30 bits per heavy atom. The second kappa shape index (κ2) is 9.98. The molecule has 1 atom stereocenters. The van der Waals surface area contributed by atoms with E-state index in [2.05, 4.69) is 44.4 Å². The maximum absolute atomic E-state index is 4.55. The molecule has 0 aliphatic heterocycles. The Kier molecular flexibility index (Phi) is 8.59. The minimum absolute atomic E-state index is 0.448. The first-order valence-corrected chi connectivity index (χ1v) is 8.43. The molecule has 1 aromatic rings. The van der Waals surface area contributed by atoms with Gasteiger partial charge in [-0.1, -0.05) is 58.8 Å². The SMILES string of the molecule is CCCCCCCCCC(NC)c1cc(CC)nn1C. The van der Waals surface area contributed by atoms with Crippen LogP contribution in [-0.2, 0) is 13.5 Å². The molecule has 0 amide bonds. The fourth-order valence-corrected chi connectivity index (χ4v) is 2.79. The summed E-state index contributed by atoms with van der Waals surface area (Å²) >= 11 is 0. The van der Waals surface area contributed by atoms with Crippen LogP contribution < -0.4 is 5.32 Å². The molecule has 0 saturated carbocycles. The molecule has 0 saturated heterocycles. The molecule has 0 spiro atoms. The molecule has 0 fully saturated rings. The zero-order valence-electron chi connectivity index (χ0n) is 13.9. The first-order valence-electron chi connectivity index (χ1n) is 8.43. The van der Waals surface area contributed by atoms with Gasteiger partial charge in [-0.25, -0.2) is 0 Å². The fourth-order valence-electron chi connectivity index (χ4n) is 2.79. The number of unbranched alkanes of at least 4 members (excludes halogenated alkanes) is 6. The molecule has 1 rings (SSSR count). The summed E-state index contributed by atoms with van der Waals surface area (Å²) in [7, 11) is 4.12.